The van der Waals surface area contributed by atoms with Gasteiger partial charge in [0.25, 0.3) is 0 Å². The van der Waals surface area contributed by atoms with Crippen LogP contribution in [0.1, 0.15) is 45.2 Å². The van der Waals surface area contributed by atoms with Gasteiger partial charge in [0.1, 0.15) is 11.2 Å². The molecule has 1 aliphatic rings. The van der Waals surface area contributed by atoms with E-state index in [4.69, 9.17) is 4.42 Å². The number of rotatable bonds is 1. The number of hydrogen-bond donors (Lipinski definition) is 0. The molecule has 3 aromatic carbocycles. The summed E-state index contributed by atoms with van der Waals surface area (Å²) in [6.07, 6.45) is 2.98. The maximum atomic E-state index is 6.70. The fourth-order valence-electron chi connectivity index (χ4n) is 5.94. The molecule has 0 atom stereocenters. The van der Waals surface area contributed by atoms with Gasteiger partial charge in [-0.15, -0.1) is 0 Å². The monoisotopic (exact) mass is 391 g/mol. The van der Waals surface area contributed by atoms with Crippen LogP contribution in [0.3, 0.4) is 0 Å². The van der Waals surface area contributed by atoms with Crippen LogP contribution in [0.5, 0.6) is 0 Å². The van der Waals surface area contributed by atoms with E-state index < -0.39 is 0 Å². The molecule has 0 fully saturated rings. The van der Waals surface area contributed by atoms with E-state index in [0.717, 1.165) is 34.2 Å². The normalized spacial score (nSPS) is 17.1. The fourth-order valence-corrected chi connectivity index (χ4v) is 5.94. The van der Waals surface area contributed by atoms with Crippen molar-refractivity contribution in [3.63, 3.8) is 0 Å². The maximum Gasteiger partial charge on any atom is 0.144 e. The molecule has 5 aromatic rings. The van der Waals surface area contributed by atoms with Gasteiger partial charge in [0.15, 0.2) is 0 Å². The van der Waals surface area contributed by atoms with Crippen LogP contribution in [0.25, 0.3) is 44.0 Å². The van der Waals surface area contributed by atoms with Crippen LogP contribution in [0.4, 0.5) is 0 Å². The highest BCUT2D eigenvalue weighted by molar-refractivity contribution is 6.18. The van der Waals surface area contributed by atoms with Crippen LogP contribution in [0, 0.1) is 0 Å². The predicted molar refractivity (Wildman–Crippen MR) is 125 cm³/mol. The van der Waals surface area contributed by atoms with Gasteiger partial charge in [0.2, 0.25) is 0 Å². The smallest absolute Gasteiger partial charge is 0.144 e. The molecule has 0 N–H and O–H groups in total. The quantitative estimate of drug-likeness (QED) is 0.292. The molecule has 0 saturated carbocycles. The van der Waals surface area contributed by atoms with Crippen LogP contribution in [-0.2, 0) is 10.8 Å². The first-order valence-electron chi connectivity index (χ1n) is 10.7. The van der Waals surface area contributed by atoms with Gasteiger partial charge in [-0.25, -0.2) is 0 Å². The highest BCUT2D eigenvalue weighted by atomic mass is 16.3. The van der Waals surface area contributed by atoms with E-state index in [1.807, 2.05) is 24.4 Å². The van der Waals surface area contributed by atoms with E-state index in [0.29, 0.717) is 0 Å². The highest BCUT2D eigenvalue weighted by Gasteiger charge is 2.43. The van der Waals surface area contributed by atoms with E-state index in [1.165, 1.54) is 27.3 Å². The third-order valence-electron chi connectivity index (χ3n) is 6.88. The van der Waals surface area contributed by atoms with Crippen LogP contribution < -0.4 is 0 Å². The number of furan rings is 1. The minimum Gasteiger partial charge on any atom is -0.455 e. The minimum absolute atomic E-state index is 0.107. The van der Waals surface area contributed by atoms with Crippen molar-refractivity contribution in [2.24, 2.45) is 0 Å². The summed E-state index contributed by atoms with van der Waals surface area (Å²) in [6.45, 7) is 9.48. The zero-order valence-corrected chi connectivity index (χ0v) is 17.9. The van der Waals surface area contributed by atoms with Gasteiger partial charge in [-0.3, -0.25) is 4.98 Å². The van der Waals surface area contributed by atoms with E-state index in [2.05, 4.69) is 75.1 Å². The number of nitrogens with zero attached hydrogens (tertiary/aromatic N) is 1. The molecule has 0 spiro atoms. The van der Waals surface area contributed by atoms with Crippen molar-refractivity contribution < 1.29 is 4.42 Å². The Morgan fingerprint density at radius 1 is 0.767 bits per heavy atom. The van der Waals surface area contributed by atoms with Gasteiger partial charge in [-0.05, 0) is 58.0 Å². The van der Waals surface area contributed by atoms with Crippen molar-refractivity contribution in [1.29, 1.82) is 0 Å². The van der Waals surface area contributed by atoms with Crippen molar-refractivity contribution in [3.8, 4) is 11.3 Å². The van der Waals surface area contributed by atoms with Crippen molar-refractivity contribution in [2.75, 3.05) is 0 Å². The Balaban J connectivity index is 1.78. The molecule has 1 aliphatic carbocycles. The van der Waals surface area contributed by atoms with E-state index in [-0.39, 0.29) is 10.8 Å². The lowest BCUT2D eigenvalue weighted by molar-refractivity contribution is 0.404. The first-order valence-corrected chi connectivity index (χ1v) is 10.7. The number of fused-ring (bicyclic) bond motifs is 7. The number of benzene rings is 3. The molecule has 0 amide bonds. The summed E-state index contributed by atoms with van der Waals surface area (Å²) >= 11 is 0. The van der Waals surface area contributed by atoms with Gasteiger partial charge in [0, 0.05) is 27.9 Å². The lowest BCUT2D eigenvalue weighted by Crippen LogP contribution is -2.18. The second-order valence-electron chi connectivity index (χ2n) is 9.97. The minimum atomic E-state index is 0.107. The van der Waals surface area contributed by atoms with Crippen LogP contribution >= 0.6 is 0 Å². The van der Waals surface area contributed by atoms with Gasteiger partial charge in [-0.1, -0.05) is 64.1 Å². The summed E-state index contributed by atoms with van der Waals surface area (Å²) in [5.41, 5.74) is 7.10. The molecule has 0 saturated heterocycles. The lowest BCUT2D eigenvalue weighted by atomic mass is 9.81. The summed E-state index contributed by atoms with van der Waals surface area (Å²) < 4.78 is 6.70. The molecular weight excluding hydrogens is 366 g/mol. The number of pyridine rings is 1. The zero-order valence-electron chi connectivity index (χ0n) is 17.9. The lowest BCUT2D eigenvalue weighted by Gasteiger charge is -2.23. The topological polar surface area (TPSA) is 26.0 Å². The van der Waals surface area contributed by atoms with Crippen molar-refractivity contribution in [1.82, 2.24) is 4.98 Å². The molecule has 0 unspecified atom stereocenters. The number of para-hydroxylation sites is 1. The summed E-state index contributed by atoms with van der Waals surface area (Å²) in [6, 6.07) is 21.5. The fraction of sp³-hybridized carbons (Fsp3) is 0.250. The molecule has 0 radical (unpaired) electrons. The van der Waals surface area contributed by atoms with Crippen LogP contribution in [0.2, 0.25) is 0 Å². The second kappa shape index (κ2) is 5.72. The average Bonchev–Trinajstić information content (AvgIpc) is 3.20. The first kappa shape index (κ1) is 17.7. The largest absolute Gasteiger partial charge is 0.455 e. The third kappa shape index (κ3) is 2.28. The van der Waals surface area contributed by atoms with E-state index >= 15 is 0 Å². The molecule has 148 valence electrons. The molecule has 6 rings (SSSR count). The van der Waals surface area contributed by atoms with Crippen molar-refractivity contribution >= 4 is 32.7 Å². The highest BCUT2D eigenvalue weighted by Crippen LogP contribution is 2.53. The van der Waals surface area contributed by atoms with Crippen molar-refractivity contribution in [2.45, 2.75) is 44.9 Å². The standard InChI is InChI=1S/C28H25NO/c1-27(2)16-28(3,4)24-21(27)14-12-17-11-13-19-18-8-7-9-20(22-10-5-6-15-29-22)25(18)30-26(19)23(17)24/h5-15H,16H2,1-4H3. The van der Waals surface area contributed by atoms with Gasteiger partial charge in [0.05, 0.1) is 5.69 Å². The van der Waals surface area contributed by atoms with Gasteiger partial charge in [-0.2, -0.15) is 0 Å². The zero-order chi connectivity index (χ0) is 20.7. The number of hydrogen-bond acceptors (Lipinski definition) is 2. The Labute approximate surface area is 176 Å². The Morgan fingerprint density at radius 2 is 1.57 bits per heavy atom. The summed E-state index contributed by atoms with van der Waals surface area (Å²) in [4.78, 5) is 4.57. The molecule has 2 nitrogen and oxygen atoms in total. The Hall–Kier alpha value is -3.13. The third-order valence-corrected chi connectivity index (χ3v) is 6.88. The Morgan fingerprint density at radius 3 is 2.37 bits per heavy atom. The Bertz CT molecular complexity index is 1450. The molecular formula is C28H25NO. The number of aromatic nitrogens is 1. The molecule has 0 bridgehead atoms. The van der Waals surface area contributed by atoms with Crippen LogP contribution in [-0.4, -0.2) is 4.98 Å². The predicted octanol–water partition coefficient (Wildman–Crippen LogP) is 7.76. The van der Waals surface area contributed by atoms with Crippen molar-refractivity contribution in [3.05, 3.63) is 78.0 Å². The van der Waals surface area contributed by atoms with E-state index in [9.17, 15) is 0 Å². The average molecular weight is 392 g/mol. The summed E-state index contributed by atoms with van der Waals surface area (Å²) in [5, 5.41) is 4.88. The van der Waals surface area contributed by atoms with Gasteiger partial charge < -0.3 is 4.42 Å². The molecule has 30 heavy (non-hydrogen) atoms. The summed E-state index contributed by atoms with van der Waals surface area (Å²) in [5.74, 6) is 0. The van der Waals surface area contributed by atoms with E-state index in [1.54, 1.807) is 0 Å². The molecule has 0 aliphatic heterocycles. The van der Waals surface area contributed by atoms with Crippen LogP contribution in [0.15, 0.2) is 71.3 Å². The molecule has 2 aromatic heterocycles. The molecule has 2 heteroatoms. The SMILES string of the molecule is CC1(C)CC(C)(C)c2c1ccc1ccc3c4cccc(-c5ccccn5)c4oc3c21. The molecule has 2 heterocycles. The maximum absolute atomic E-state index is 6.70. The van der Waals surface area contributed by atoms with Gasteiger partial charge >= 0.3 is 0 Å². The first-order chi connectivity index (χ1) is 14.4. The second-order valence-corrected chi connectivity index (χ2v) is 9.97. The summed E-state index contributed by atoms with van der Waals surface area (Å²) in [7, 11) is 0. The Kier molecular flexibility index (Phi) is 3.38.